The summed E-state index contributed by atoms with van der Waals surface area (Å²) in [6, 6.07) is 8.78. The van der Waals surface area contributed by atoms with Crippen LogP contribution in [0.4, 0.5) is 5.69 Å². The number of nitrogens with one attached hydrogen (secondary N) is 1. The van der Waals surface area contributed by atoms with Crippen molar-refractivity contribution in [2.75, 3.05) is 11.9 Å². The predicted molar refractivity (Wildman–Crippen MR) is 82.1 cm³/mol. The molecule has 3 rings (SSSR count). The van der Waals surface area contributed by atoms with E-state index in [-0.39, 0.29) is 0 Å². The quantitative estimate of drug-likeness (QED) is 0.877. The van der Waals surface area contributed by atoms with Gasteiger partial charge in [0, 0.05) is 42.5 Å². The van der Waals surface area contributed by atoms with Crippen LogP contribution in [0.1, 0.15) is 24.0 Å². The van der Waals surface area contributed by atoms with Crippen molar-refractivity contribution in [1.29, 1.82) is 0 Å². The highest BCUT2D eigenvalue weighted by atomic mass is 35.5. The number of halogens is 1. The molecule has 1 heterocycles. The summed E-state index contributed by atoms with van der Waals surface area (Å²) in [5, 5.41) is 4.34. The summed E-state index contributed by atoms with van der Waals surface area (Å²) >= 11 is 6.13. The molecule has 1 aliphatic rings. The molecular formula is C16H19ClN2O. The first kappa shape index (κ1) is 13.5. The Morgan fingerprint density at radius 1 is 1.35 bits per heavy atom. The van der Waals surface area contributed by atoms with Crippen LogP contribution in [-0.4, -0.2) is 13.1 Å². The van der Waals surface area contributed by atoms with Gasteiger partial charge in [0.2, 0.25) is 0 Å². The molecule has 0 saturated heterocycles. The van der Waals surface area contributed by atoms with E-state index in [1.165, 1.54) is 29.7 Å². The Kier molecular flexibility index (Phi) is 3.99. The average molecular weight is 291 g/mol. The van der Waals surface area contributed by atoms with Crippen molar-refractivity contribution in [2.24, 2.45) is 0 Å². The zero-order chi connectivity index (χ0) is 13.9. The minimum Gasteiger partial charge on any atom is -0.472 e. The summed E-state index contributed by atoms with van der Waals surface area (Å²) in [6.07, 6.45) is 6.08. The van der Waals surface area contributed by atoms with Crippen molar-refractivity contribution >= 4 is 17.3 Å². The fraction of sp³-hybridized carbons (Fsp3) is 0.375. The highest BCUT2D eigenvalue weighted by Crippen LogP contribution is 2.26. The van der Waals surface area contributed by atoms with E-state index >= 15 is 0 Å². The second kappa shape index (κ2) is 5.90. The maximum Gasteiger partial charge on any atom is 0.0952 e. The molecule has 1 aromatic heterocycles. The van der Waals surface area contributed by atoms with Gasteiger partial charge in [-0.2, -0.15) is 0 Å². The molecular weight excluding hydrogens is 272 g/mol. The average Bonchev–Trinajstić information content (AvgIpc) is 3.13. The van der Waals surface area contributed by atoms with Gasteiger partial charge in [0.25, 0.3) is 0 Å². The molecule has 1 saturated carbocycles. The first-order valence-electron chi connectivity index (χ1n) is 6.96. The Labute approximate surface area is 124 Å². The summed E-state index contributed by atoms with van der Waals surface area (Å²) in [5.74, 6) is 0. The normalized spacial score (nSPS) is 14.5. The molecule has 0 radical (unpaired) electrons. The van der Waals surface area contributed by atoms with E-state index in [2.05, 4.69) is 29.4 Å². The minimum atomic E-state index is 0.695. The Balaban J connectivity index is 1.75. The highest BCUT2D eigenvalue weighted by Gasteiger charge is 2.21. The molecule has 20 heavy (non-hydrogen) atoms. The number of hydrogen-bond acceptors (Lipinski definition) is 3. The summed E-state index contributed by atoms with van der Waals surface area (Å²) in [4.78, 5) is 2.23. The van der Waals surface area contributed by atoms with E-state index in [9.17, 15) is 0 Å². The number of nitrogens with zero attached hydrogens (tertiary/aromatic N) is 1. The zero-order valence-corrected chi connectivity index (χ0v) is 12.4. The number of furan rings is 1. The van der Waals surface area contributed by atoms with Crippen molar-refractivity contribution in [3.05, 3.63) is 52.9 Å². The van der Waals surface area contributed by atoms with Crippen LogP contribution in [0.3, 0.4) is 0 Å². The molecule has 2 aromatic rings. The Morgan fingerprint density at radius 2 is 2.20 bits per heavy atom. The van der Waals surface area contributed by atoms with Gasteiger partial charge in [0.05, 0.1) is 12.5 Å². The van der Waals surface area contributed by atoms with Gasteiger partial charge in [-0.1, -0.05) is 11.6 Å². The zero-order valence-electron chi connectivity index (χ0n) is 11.6. The van der Waals surface area contributed by atoms with E-state index < -0.39 is 0 Å². The van der Waals surface area contributed by atoms with Crippen LogP contribution >= 0.6 is 11.6 Å². The summed E-state index contributed by atoms with van der Waals surface area (Å²) < 4.78 is 5.13. The molecule has 1 aromatic carbocycles. The van der Waals surface area contributed by atoms with Gasteiger partial charge in [-0.15, -0.1) is 0 Å². The molecule has 0 bridgehead atoms. The molecule has 0 spiro atoms. The van der Waals surface area contributed by atoms with Gasteiger partial charge in [0.1, 0.15) is 0 Å². The van der Waals surface area contributed by atoms with Gasteiger partial charge in [0.15, 0.2) is 0 Å². The third kappa shape index (κ3) is 3.35. The van der Waals surface area contributed by atoms with Gasteiger partial charge in [-0.3, -0.25) is 0 Å². The van der Waals surface area contributed by atoms with E-state index in [1.807, 2.05) is 12.1 Å². The summed E-state index contributed by atoms with van der Waals surface area (Å²) in [5.41, 5.74) is 3.63. The monoisotopic (exact) mass is 290 g/mol. The maximum absolute atomic E-state index is 6.13. The predicted octanol–water partition coefficient (Wildman–Crippen LogP) is 3.82. The largest absolute Gasteiger partial charge is 0.472 e. The molecule has 0 aliphatic heterocycles. The van der Waals surface area contributed by atoms with Crippen LogP contribution in [-0.2, 0) is 13.1 Å². The van der Waals surface area contributed by atoms with Crippen molar-refractivity contribution in [1.82, 2.24) is 5.32 Å². The Bertz CT molecular complexity index is 564. The topological polar surface area (TPSA) is 28.4 Å². The smallest absolute Gasteiger partial charge is 0.0952 e. The summed E-state index contributed by atoms with van der Waals surface area (Å²) in [6.45, 7) is 1.70. The molecule has 1 N–H and O–H groups in total. The third-order valence-corrected chi connectivity index (χ3v) is 3.85. The van der Waals surface area contributed by atoms with E-state index in [1.54, 1.807) is 12.5 Å². The van der Waals surface area contributed by atoms with Crippen LogP contribution < -0.4 is 10.2 Å². The van der Waals surface area contributed by atoms with Gasteiger partial charge in [-0.05, 0) is 42.7 Å². The summed E-state index contributed by atoms with van der Waals surface area (Å²) in [7, 11) is 2.09. The lowest BCUT2D eigenvalue weighted by molar-refractivity contribution is 0.563. The van der Waals surface area contributed by atoms with Crippen LogP contribution in [0.2, 0.25) is 5.02 Å². The standard InChI is InChI=1S/C16H19ClN2O/c1-19(10-12-6-7-20-11-12)16-5-2-14(17)8-13(16)9-18-15-3-4-15/h2,5-8,11,15,18H,3-4,9-10H2,1H3. The van der Waals surface area contributed by atoms with Crippen molar-refractivity contribution < 1.29 is 4.42 Å². The fourth-order valence-electron chi connectivity index (χ4n) is 2.35. The fourth-order valence-corrected chi connectivity index (χ4v) is 2.55. The number of rotatable bonds is 6. The number of anilines is 1. The van der Waals surface area contributed by atoms with Gasteiger partial charge in [-0.25, -0.2) is 0 Å². The minimum absolute atomic E-state index is 0.695. The lowest BCUT2D eigenvalue weighted by Gasteiger charge is -2.22. The number of benzene rings is 1. The Hall–Kier alpha value is -1.45. The molecule has 106 valence electrons. The first-order valence-corrected chi connectivity index (χ1v) is 7.34. The molecule has 0 unspecified atom stereocenters. The van der Waals surface area contributed by atoms with E-state index in [0.717, 1.165) is 18.1 Å². The maximum atomic E-state index is 6.13. The van der Waals surface area contributed by atoms with Gasteiger partial charge >= 0.3 is 0 Å². The van der Waals surface area contributed by atoms with Crippen LogP contribution in [0, 0.1) is 0 Å². The van der Waals surface area contributed by atoms with E-state index in [4.69, 9.17) is 16.0 Å². The van der Waals surface area contributed by atoms with Crippen molar-refractivity contribution in [3.63, 3.8) is 0 Å². The highest BCUT2D eigenvalue weighted by molar-refractivity contribution is 6.30. The Morgan fingerprint density at radius 3 is 2.90 bits per heavy atom. The van der Waals surface area contributed by atoms with E-state index in [0.29, 0.717) is 6.04 Å². The van der Waals surface area contributed by atoms with Crippen molar-refractivity contribution in [3.8, 4) is 0 Å². The van der Waals surface area contributed by atoms with Crippen LogP contribution in [0.5, 0.6) is 0 Å². The van der Waals surface area contributed by atoms with Crippen molar-refractivity contribution in [2.45, 2.75) is 32.0 Å². The van der Waals surface area contributed by atoms with Crippen LogP contribution in [0.25, 0.3) is 0 Å². The second-order valence-corrected chi connectivity index (χ2v) is 5.85. The lowest BCUT2D eigenvalue weighted by atomic mass is 10.1. The SMILES string of the molecule is CN(Cc1ccoc1)c1ccc(Cl)cc1CNC1CC1. The molecule has 3 nitrogen and oxygen atoms in total. The second-order valence-electron chi connectivity index (χ2n) is 5.42. The van der Waals surface area contributed by atoms with Gasteiger partial charge < -0.3 is 14.6 Å². The number of hydrogen-bond donors (Lipinski definition) is 1. The first-order chi connectivity index (χ1) is 9.72. The molecule has 4 heteroatoms. The van der Waals surface area contributed by atoms with Crippen LogP contribution in [0.15, 0.2) is 41.2 Å². The molecule has 0 amide bonds. The third-order valence-electron chi connectivity index (χ3n) is 3.61. The molecule has 0 atom stereocenters. The lowest BCUT2D eigenvalue weighted by Crippen LogP contribution is -2.21. The molecule has 1 aliphatic carbocycles. The molecule has 1 fully saturated rings.